The number of halogens is 3. The van der Waals surface area contributed by atoms with Crippen molar-refractivity contribution >= 4 is 23.2 Å². The van der Waals surface area contributed by atoms with Crippen LogP contribution in [-0.4, -0.2) is 35.9 Å². The molecule has 0 bridgehead atoms. The second-order valence-corrected chi connectivity index (χ2v) is 5.52. The largest absolute Gasteiger partial charge is 0.492 e. The highest BCUT2D eigenvalue weighted by molar-refractivity contribution is 6.30. The van der Waals surface area contributed by atoms with Crippen molar-refractivity contribution in [3.63, 3.8) is 0 Å². The van der Waals surface area contributed by atoms with E-state index in [0.29, 0.717) is 22.9 Å². The molecule has 2 aromatic rings. The van der Waals surface area contributed by atoms with E-state index < -0.39 is 33.7 Å². The zero-order chi connectivity index (χ0) is 18.6. The number of hydrogen-bond acceptors (Lipinski definition) is 4. The average molecular weight is 371 g/mol. The zero-order valence-corrected chi connectivity index (χ0v) is 13.8. The van der Waals surface area contributed by atoms with E-state index in [9.17, 15) is 23.7 Å². The van der Waals surface area contributed by atoms with Gasteiger partial charge in [0, 0.05) is 18.1 Å². The Morgan fingerprint density at radius 3 is 2.68 bits per heavy atom. The van der Waals surface area contributed by atoms with E-state index >= 15 is 0 Å². The summed E-state index contributed by atoms with van der Waals surface area (Å²) in [6.45, 7) is 0.122. The van der Waals surface area contributed by atoms with Gasteiger partial charge in [-0.3, -0.25) is 14.9 Å². The van der Waals surface area contributed by atoms with E-state index in [1.165, 1.54) is 7.05 Å². The lowest BCUT2D eigenvalue weighted by Gasteiger charge is -2.18. The number of nitrogens with zero attached hydrogens (tertiary/aromatic N) is 2. The Bertz CT molecular complexity index is 817. The van der Waals surface area contributed by atoms with Gasteiger partial charge in [-0.1, -0.05) is 17.7 Å². The summed E-state index contributed by atoms with van der Waals surface area (Å²) in [5, 5.41) is 11.2. The SMILES string of the molecule is CN(CCOc1cccc(Cl)c1)C(=O)c1cc([N+](=O)[O-])cc(F)c1F. The van der Waals surface area contributed by atoms with Crippen LogP contribution in [0.2, 0.25) is 5.02 Å². The van der Waals surface area contributed by atoms with Crippen molar-refractivity contribution in [1.29, 1.82) is 0 Å². The van der Waals surface area contributed by atoms with Crippen LogP contribution < -0.4 is 4.74 Å². The fourth-order valence-electron chi connectivity index (χ4n) is 2.00. The number of nitro benzene ring substituents is 1. The van der Waals surface area contributed by atoms with Crippen molar-refractivity contribution < 1.29 is 23.2 Å². The highest BCUT2D eigenvalue weighted by atomic mass is 35.5. The first kappa shape index (κ1) is 18.6. The number of likely N-dealkylation sites (N-methyl/N-ethyl adjacent to an activating group) is 1. The number of carbonyl (C=O) groups is 1. The lowest BCUT2D eigenvalue weighted by atomic mass is 10.1. The number of hydrogen-bond donors (Lipinski definition) is 0. The summed E-state index contributed by atoms with van der Waals surface area (Å²) in [6, 6.07) is 7.74. The molecule has 0 N–H and O–H groups in total. The van der Waals surface area contributed by atoms with Gasteiger partial charge in [-0.05, 0) is 18.2 Å². The number of carbonyl (C=O) groups excluding carboxylic acids is 1. The van der Waals surface area contributed by atoms with E-state index in [1.54, 1.807) is 24.3 Å². The third-order valence-electron chi connectivity index (χ3n) is 3.29. The Labute approximate surface area is 146 Å². The van der Waals surface area contributed by atoms with Crippen LogP contribution in [0.25, 0.3) is 0 Å². The predicted octanol–water partition coefficient (Wildman–Crippen LogP) is 3.68. The molecule has 25 heavy (non-hydrogen) atoms. The second kappa shape index (κ2) is 7.89. The van der Waals surface area contributed by atoms with Crippen LogP contribution in [0.4, 0.5) is 14.5 Å². The predicted molar refractivity (Wildman–Crippen MR) is 86.9 cm³/mol. The molecule has 132 valence electrons. The maximum atomic E-state index is 13.8. The van der Waals surface area contributed by atoms with Crippen molar-refractivity contribution in [2.45, 2.75) is 0 Å². The highest BCUT2D eigenvalue weighted by Gasteiger charge is 2.23. The normalized spacial score (nSPS) is 10.4. The number of rotatable bonds is 6. The van der Waals surface area contributed by atoms with E-state index in [2.05, 4.69) is 0 Å². The lowest BCUT2D eigenvalue weighted by Crippen LogP contribution is -2.31. The van der Waals surface area contributed by atoms with Crippen molar-refractivity contribution in [3.05, 3.63) is 68.7 Å². The molecule has 0 aliphatic rings. The molecule has 0 heterocycles. The average Bonchev–Trinajstić information content (AvgIpc) is 2.56. The first-order valence-corrected chi connectivity index (χ1v) is 7.44. The highest BCUT2D eigenvalue weighted by Crippen LogP contribution is 2.22. The zero-order valence-electron chi connectivity index (χ0n) is 13.0. The van der Waals surface area contributed by atoms with Crippen molar-refractivity contribution in [2.24, 2.45) is 0 Å². The molecule has 0 aromatic heterocycles. The summed E-state index contributed by atoms with van der Waals surface area (Å²) >= 11 is 5.81. The van der Waals surface area contributed by atoms with E-state index in [-0.39, 0.29) is 13.2 Å². The molecule has 0 spiro atoms. The van der Waals surface area contributed by atoms with Crippen LogP contribution in [0, 0.1) is 21.7 Å². The Hall–Kier alpha value is -2.74. The molecule has 0 aliphatic carbocycles. The number of non-ortho nitro benzene ring substituents is 1. The molecule has 9 heteroatoms. The van der Waals surface area contributed by atoms with Gasteiger partial charge in [0.1, 0.15) is 12.4 Å². The molecule has 6 nitrogen and oxygen atoms in total. The van der Waals surface area contributed by atoms with Gasteiger partial charge in [-0.15, -0.1) is 0 Å². The number of nitro groups is 1. The molecule has 0 saturated heterocycles. The Morgan fingerprint density at radius 1 is 1.32 bits per heavy atom. The molecule has 2 rings (SSSR count). The van der Waals surface area contributed by atoms with E-state index in [0.717, 1.165) is 4.90 Å². The van der Waals surface area contributed by atoms with Crippen molar-refractivity contribution in [3.8, 4) is 5.75 Å². The molecule has 0 fully saturated rings. The lowest BCUT2D eigenvalue weighted by molar-refractivity contribution is -0.385. The van der Waals surface area contributed by atoms with E-state index in [4.69, 9.17) is 16.3 Å². The fourth-order valence-corrected chi connectivity index (χ4v) is 2.18. The van der Waals surface area contributed by atoms with Crippen LogP contribution in [-0.2, 0) is 0 Å². The van der Waals surface area contributed by atoms with Gasteiger partial charge < -0.3 is 9.64 Å². The van der Waals surface area contributed by atoms with Gasteiger partial charge >= 0.3 is 0 Å². The van der Waals surface area contributed by atoms with Gasteiger partial charge in [0.25, 0.3) is 11.6 Å². The molecule has 0 radical (unpaired) electrons. The molecule has 0 atom stereocenters. The molecule has 0 aliphatic heterocycles. The Kier molecular flexibility index (Phi) is 5.87. The quantitative estimate of drug-likeness (QED) is 0.574. The van der Waals surface area contributed by atoms with Gasteiger partial charge in [0.05, 0.1) is 23.1 Å². The maximum absolute atomic E-state index is 13.8. The summed E-state index contributed by atoms with van der Waals surface area (Å²) in [4.78, 5) is 23.1. The van der Waals surface area contributed by atoms with Gasteiger partial charge in [0.15, 0.2) is 11.6 Å². The molecule has 0 saturated carbocycles. The third-order valence-corrected chi connectivity index (χ3v) is 3.53. The van der Waals surface area contributed by atoms with Gasteiger partial charge in [-0.2, -0.15) is 0 Å². The Morgan fingerprint density at radius 2 is 2.04 bits per heavy atom. The number of benzene rings is 2. The maximum Gasteiger partial charge on any atom is 0.273 e. The smallest absolute Gasteiger partial charge is 0.273 e. The van der Waals surface area contributed by atoms with Crippen LogP contribution in [0.15, 0.2) is 36.4 Å². The minimum atomic E-state index is -1.46. The van der Waals surface area contributed by atoms with Crippen molar-refractivity contribution in [2.75, 3.05) is 20.2 Å². The first-order chi connectivity index (χ1) is 11.8. The van der Waals surface area contributed by atoms with Crippen LogP contribution in [0.5, 0.6) is 5.75 Å². The summed E-state index contributed by atoms with van der Waals surface area (Å²) in [6.07, 6.45) is 0. The van der Waals surface area contributed by atoms with Crippen LogP contribution in [0.1, 0.15) is 10.4 Å². The molecular weight excluding hydrogens is 358 g/mol. The first-order valence-electron chi connectivity index (χ1n) is 7.07. The molecule has 1 amide bonds. The van der Waals surface area contributed by atoms with Gasteiger partial charge in [-0.25, -0.2) is 8.78 Å². The fraction of sp³-hybridized carbons (Fsp3) is 0.188. The monoisotopic (exact) mass is 370 g/mol. The minimum Gasteiger partial charge on any atom is -0.492 e. The molecular formula is C16H13ClF2N2O4. The van der Waals surface area contributed by atoms with Gasteiger partial charge in [0.2, 0.25) is 0 Å². The molecule has 2 aromatic carbocycles. The van der Waals surface area contributed by atoms with Crippen molar-refractivity contribution in [1.82, 2.24) is 4.90 Å². The number of ether oxygens (including phenoxy) is 1. The minimum absolute atomic E-state index is 0.0507. The van der Waals surface area contributed by atoms with E-state index in [1.807, 2.05) is 0 Å². The topological polar surface area (TPSA) is 72.7 Å². The van der Waals surface area contributed by atoms with Crippen LogP contribution >= 0.6 is 11.6 Å². The summed E-state index contributed by atoms with van der Waals surface area (Å²) in [7, 11) is 1.35. The summed E-state index contributed by atoms with van der Waals surface area (Å²) in [5.41, 5.74) is -1.41. The summed E-state index contributed by atoms with van der Waals surface area (Å²) in [5.74, 6) is -3.30. The standard InChI is InChI=1S/C16H13ClF2N2O4/c1-20(5-6-25-12-4-2-3-10(17)7-12)16(22)13-8-11(21(23)24)9-14(18)15(13)19/h2-4,7-9H,5-6H2,1H3. The third kappa shape index (κ3) is 4.63. The van der Waals surface area contributed by atoms with Crippen LogP contribution in [0.3, 0.4) is 0 Å². The second-order valence-electron chi connectivity index (χ2n) is 5.08. The summed E-state index contributed by atoms with van der Waals surface area (Å²) < 4.78 is 32.6. The Balaban J connectivity index is 2.06. The molecule has 0 unspecified atom stereocenters. The number of amides is 1.